The summed E-state index contributed by atoms with van der Waals surface area (Å²) in [5.41, 5.74) is 5.89. The number of hydrogen-bond donors (Lipinski definition) is 1. The lowest BCUT2D eigenvalue weighted by Crippen LogP contribution is -2.30. The zero-order valence-electron chi connectivity index (χ0n) is 13.4. The molecule has 0 aliphatic rings. The Balaban J connectivity index is 2.17. The largest absolute Gasteiger partial charge is 0.291 e. The summed E-state index contributed by atoms with van der Waals surface area (Å²) in [6.45, 7) is 12.5. The van der Waals surface area contributed by atoms with E-state index in [-0.39, 0.29) is 0 Å². The van der Waals surface area contributed by atoms with E-state index >= 15 is 0 Å². The summed E-state index contributed by atoms with van der Waals surface area (Å²) in [5, 5.41) is 11.9. The first-order valence-electron chi connectivity index (χ1n) is 7.12. The zero-order chi connectivity index (χ0) is 14.9. The summed E-state index contributed by atoms with van der Waals surface area (Å²) < 4.78 is 1.96. The van der Waals surface area contributed by atoms with Gasteiger partial charge in [0.2, 0.25) is 0 Å². The van der Waals surface area contributed by atoms with Gasteiger partial charge in [-0.1, -0.05) is 0 Å². The second-order valence-electron chi connectivity index (χ2n) is 5.81. The zero-order valence-corrected chi connectivity index (χ0v) is 13.4. The number of aromatic amines is 1. The van der Waals surface area contributed by atoms with Gasteiger partial charge >= 0.3 is 0 Å². The fourth-order valence-corrected chi connectivity index (χ4v) is 2.43. The molecule has 2 aromatic rings. The lowest BCUT2D eigenvalue weighted by Gasteiger charge is -2.25. The molecular weight excluding hydrogens is 250 g/mol. The first-order valence-corrected chi connectivity index (χ1v) is 7.12. The van der Waals surface area contributed by atoms with Crippen LogP contribution in [0.25, 0.3) is 0 Å². The molecule has 0 aromatic carbocycles. The summed E-state index contributed by atoms with van der Waals surface area (Å²) in [4.78, 5) is 2.42. The molecule has 0 bridgehead atoms. The normalized spacial score (nSPS) is 11.8. The van der Waals surface area contributed by atoms with Crippen molar-refractivity contribution in [3.63, 3.8) is 0 Å². The van der Waals surface area contributed by atoms with Crippen molar-refractivity contribution in [1.82, 2.24) is 24.9 Å². The molecule has 0 fully saturated rings. The van der Waals surface area contributed by atoms with Gasteiger partial charge < -0.3 is 0 Å². The van der Waals surface area contributed by atoms with Crippen molar-refractivity contribution < 1.29 is 0 Å². The lowest BCUT2D eigenvalue weighted by molar-refractivity contribution is 0.200. The number of H-pyrrole nitrogens is 1. The summed E-state index contributed by atoms with van der Waals surface area (Å²) in [5.74, 6) is 0. The summed E-state index contributed by atoms with van der Waals surface area (Å²) in [7, 11) is 2.00. The Bertz CT molecular complexity index is 579. The standard InChI is InChI=1S/C15H25N5/c1-10(2)20(8-14-7-11(3)16-17-14)9-15-12(4)18-19(6)13(15)5/h7,10H,8-9H2,1-6H3,(H,16,17). The Kier molecular flexibility index (Phi) is 4.28. The molecule has 2 aromatic heterocycles. The molecule has 0 unspecified atom stereocenters. The number of nitrogens with zero attached hydrogens (tertiary/aromatic N) is 4. The van der Waals surface area contributed by atoms with E-state index in [2.05, 4.69) is 54.0 Å². The van der Waals surface area contributed by atoms with Gasteiger partial charge in [-0.05, 0) is 40.7 Å². The summed E-state index contributed by atoms with van der Waals surface area (Å²) >= 11 is 0. The van der Waals surface area contributed by atoms with Crippen LogP contribution in [0.1, 0.15) is 42.2 Å². The Hall–Kier alpha value is -1.62. The van der Waals surface area contributed by atoms with Crippen LogP contribution in [-0.4, -0.2) is 30.9 Å². The third kappa shape index (κ3) is 3.10. The molecule has 110 valence electrons. The van der Waals surface area contributed by atoms with Gasteiger partial charge in [0.25, 0.3) is 0 Å². The molecule has 0 aliphatic heterocycles. The second-order valence-corrected chi connectivity index (χ2v) is 5.81. The van der Waals surface area contributed by atoms with Crippen molar-refractivity contribution in [2.75, 3.05) is 0 Å². The van der Waals surface area contributed by atoms with E-state index < -0.39 is 0 Å². The predicted molar refractivity (Wildman–Crippen MR) is 80.4 cm³/mol. The number of hydrogen-bond acceptors (Lipinski definition) is 3. The van der Waals surface area contributed by atoms with E-state index in [4.69, 9.17) is 0 Å². The first-order chi connectivity index (χ1) is 9.38. The molecule has 0 atom stereocenters. The third-order valence-electron chi connectivity index (χ3n) is 3.87. The average molecular weight is 275 g/mol. The van der Waals surface area contributed by atoms with Gasteiger partial charge in [-0.15, -0.1) is 0 Å². The topological polar surface area (TPSA) is 49.7 Å². The highest BCUT2D eigenvalue weighted by Crippen LogP contribution is 2.18. The highest BCUT2D eigenvalue weighted by molar-refractivity contribution is 5.24. The smallest absolute Gasteiger partial charge is 0.0765 e. The van der Waals surface area contributed by atoms with Gasteiger partial charge in [-0.25, -0.2) is 0 Å². The van der Waals surface area contributed by atoms with E-state index in [0.717, 1.165) is 30.2 Å². The maximum atomic E-state index is 4.50. The number of aromatic nitrogens is 4. The van der Waals surface area contributed by atoms with E-state index in [9.17, 15) is 0 Å². The van der Waals surface area contributed by atoms with Crippen molar-refractivity contribution in [1.29, 1.82) is 0 Å². The minimum Gasteiger partial charge on any atom is -0.291 e. The highest BCUT2D eigenvalue weighted by atomic mass is 15.3. The molecule has 0 spiro atoms. The van der Waals surface area contributed by atoms with E-state index in [1.165, 1.54) is 11.3 Å². The lowest BCUT2D eigenvalue weighted by atomic mass is 10.1. The Morgan fingerprint density at radius 2 is 1.95 bits per heavy atom. The van der Waals surface area contributed by atoms with E-state index in [0.29, 0.717) is 6.04 Å². The minimum absolute atomic E-state index is 0.464. The monoisotopic (exact) mass is 275 g/mol. The van der Waals surface area contributed by atoms with Gasteiger partial charge in [0.05, 0.1) is 11.4 Å². The van der Waals surface area contributed by atoms with Crippen LogP contribution in [0.3, 0.4) is 0 Å². The van der Waals surface area contributed by atoms with E-state index in [1.54, 1.807) is 0 Å². The maximum Gasteiger partial charge on any atom is 0.0765 e. The fourth-order valence-electron chi connectivity index (χ4n) is 2.43. The maximum absolute atomic E-state index is 4.50. The molecule has 0 saturated heterocycles. The van der Waals surface area contributed by atoms with Crippen LogP contribution in [0.4, 0.5) is 0 Å². The van der Waals surface area contributed by atoms with Crippen LogP contribution >= 0.6 is 0 Å². The summed E-state index contributed by atoms with van der Waals surface area (Å²) in [6.07, 6.45) is 0. The Labute approximate surface area is 121 Å². The second kappa shape index (κ2) is 5.79. The van der Waals surface area contributed by atoms with Gasteiger partial charge in [0, 0.05) is 43.1 Å². The Morgan fingerprint density at radius 3 is 2.40 bits per heavy atom. The molecular formula is C15H25N5. The highest BCUT2D eigenvalue weighted by Gasteiger charge is 2.17. The van der Waals surface area contributed by atoms with Crippen molar-refractivity contribution in [2.24, 2.45) is 7.05 Å². The quantitative estimate of drug-likeness (QED) is 0.912. The van der Waals surface area contributed by atoms with Gasteiger partial charge in [-0.3, -0.25) is 14.7 Å². The van der Waals surface area contributed by atoms with Crippen LogP contribution in [-0.2, 0) is 20.1 Å². The van der Waals surface area contributed by atoms with Crippen LogP contribution in [0.15, 0.2) is 6.07 Å². The minimum atomic E-state index is 0.464. The van der Waals surface area contributed by atoms with E-state index in [1.807, 2.05) is 18.7 Å². The molecule has 2 heterocycles. The molecule has 2 rings (SSSR count). The first kappa shape index (κ1) is 14.8. The number of nitrogens with one attached hydrogen (secondary N) is 1. The van der Waals surface area contributed by atoms with Gasteiger partial charge in [0.15, 0.2) is 0 Å². The molecule has 20 heavy (non-hydrogen) atoms. The predicted octanol–water partition coefficient (Wildman–Crippen LogP) is 2.48. The number of aryl methyl sites for hydroxylation is 3. The van der Waals surface area contributed by atoms with Crippen LogP contribution in [0, 0.1) is 20.8 Å². The third-order valence-corrected chi connectivity index (χ3v) is 3.87. The van der Waals surface area contributed by atoms with Gasteiger partial charge in [-0.2, -0.15) is 10.2 Å². The molecule has 0 radical (unpaired) electrons. The van der Waals surface area contributed by atoms with Crippen molar-refractivity contribution in [3.05, 3.63) is 34.4 Å². The Morgan fingerprint density at radius 1 is 1.25 bits per heavy atom. The van der Waals surface area contributed by atoms with Gasteiger partial charge in [0.1, 0.15) is 0 Å². The van der Waals surface area contributed by atoms with Crippen molar-refractivity contribution >= 4 is 0 Å². The number of rotatable bonds is 5. The van der Waals surface area contributed by atoms with Crippen molar-refractivity contribution in [2.45, 2.75) is 53.8 Å². The van der Waals surface area contributed by atoms with Crippen LogP contribution < -0.4 is 0 Å². The fraction of sp³-hybridized carbons (Fsp3) is 0.600. The molecule has 0 amide bonds. The van der Waals surface area contributed by atoms with Crippen molar-refractivity contribution in [3.8, 4) is 0 Å². The summed E-state index contributed by atoms with van der Waals surface area (Å²) in [6, 6.07) is 2.57. The van der Waals surface area contributed by atoms with Crippen LogP contribution in [0.5, 0.6) is 0 Å². The average Bonchev–Trinajstić information content (AvgIpc) is 2.87. The molecule has 5 heteroatoms. The SMILES string of the molecule is Cc1cc(CN(Cc2c(C)nn(C)c2C)C(C)C)n[nH]1. The molecule has 1 N–H and O–H groups in total. The molecule has 0 aliphatic carbocycles. The van der Waals surface area contributed by atoms with Crippen LogP contribution in [0.2, 0.25) is 0 Å². The molecule has 5 nitrogen and oxygen atoms in total. The molecule has 0 saturated carbocycles.